The smallest absolute Gasteiger partial charge is 0.231 e. The molecule has 1 aliphatic rings. The number of pyridine rings is 1. The molecule has 140 valence electrons. The standard InChI is InChI=1S/C20H22FN5O/c1-14-5-2-9-18-23-24-20(26(14)18)25-10-4-7-16(13-25)19(27)22-12-15-6-3-8-17(21)11-15/h2-3,5-6,8-9,11,16H,4,7,10,12-13H2,1H3,(H,22,27)/t16-/m1/s1. The number of rotatable bonds is 4. The summed E-state index contributed by atoms with van der Waals surface area (Å²) in [6, 6.07) is 12.2. The van der Waals surface area contributed by atoms with Crippen molar-refractivity contribution in [1.29, 1.82) is 0 Å². The molecule has 0 radical (unpaired) electrons. The van der Waals surface area contributed by atoms with Crippen molar-refractivity contribution in [3.05, 3.63) is 59.5 Å². The molecule has 1 aliphatic heterocycles. The number of carbonyl (C=O) groups excluding carboxylic acids is 1. The number of carbonyl (C=O) groups is 1. The van der Waals surface area contributed by atoms with Gasteiger partial charge < -0.3 is 10.2 Å². The number of aryl methyl sites for hydroxylation is 1. The maximum Gasteiger partial charge on any atom is 0.231 e. The second-order valence-electron chi connectivity index (χ2n) is 6.99. The van der Waals surface area contributed by atoms with Crippen molar-refractivity contribution in [2.75, 3.05) is 18.0 Å². The summed E-state index contributed by atoms with van der Waals surface area (Å²) in [6.45, 7) is 3.81. The Morgan fingerprint density at radius 3 is 2.96 bits per heavy atom. The third kappa shape index (κ3) is 3.63. The molecule has 6 nitrogen and oxygen atoms in total. The maximum atomic E-state index is 13.3. The largest absolute Gasteiger partial charge is 0.352 e. The average Bonchev–Trinajstić information content (AvgIpc) is 3.12. The first-order valence-corrected chi connectivity index (χ1v) is 9.19. The zero-order valence-corrected chi connectivity index (χ0v) is 15.2. The molecule has 1 saturated heterocycles. The van der Waals surface area contributed by atoms with Crippen LogP contribution in [0.3, 0.4) is 0 Å². The van der Waals surface area contributed by atoms with Crippen LogP contribution in [0.1, 0.15) is 24.1 Å². The van der Waals surface area contributed by atoms with E-state index in [1.165, 1.54) is 12.1 Å². The molecular weight excluding hydrogens is 345 g/mol. The van der Waals surface area contributed by atoms with Gasteiger partial charge in [0.15, 0.2) is 5.65 Å². The van der Waals surface area contributed by atoms with Gasteiger partial charge >= 0.3 is 0 Å². The Hall–Kier alpha value is -2.96. The van der Waals surface area contributed by atoms with Gasteiger partial charge in [-0.25, -0.2) is 4.39 Å². The van der Waals surface area contributed by atoms with E-state index in [0.717, 1.165) is 42.2 Å². The lowest BCUT2D eigenvalue weighted by Gasteiger charge is -2.32. The highest BCUT2D eigenvalue weighted by atomic mass is 19.1. The molecule has 3 heterocycles. The number of nitrogens with zero attached hydrogens (tertiary/aromatic N) is 4. The van der Waals surface area contributed by atoms with Crippen molar-refractivity contribution in [2.24, 2.45) is 5.92 Å². The molecule has 3 aromatic rings. The summed E-state index contributed by atoms with van der Waals surface area (Å²) in [6.07, 6.45) is 1.75. The van der Waals surface area contributed by atoms with E-state index in [2.05, 4.69) is 20.4 Å². The van der Waals surface area contributed by atoms with Crippen LogP contribution in [0, 0.1) is 18.7 Å². The van der Waals surface area contributed by atoms with Crippen LogP contribution >= 0.6 is 0 Å². The number of anilines is 1. The Labute approximate surface area is 157 Å². The van der Waals surface area contributed by atoms with E-state index < -0.39 is 0 Å². The Morgan fingerprint density at radius 1 is 1.26 bits per heavy atom. The summed E-state index contributed by atoms with van der Waals surface area (Å²) >= 11 is 0. The van der Waals surface area contributed by atoms with Crippen LogP contribution in [0.5, 0.6) is 0 Å². The summed E-state index contributed by atoms with van der Waals surface area (Å²) in [7, 11) is 0. The number of hydrogen-bond donors (Lipinski definition) is 1. The van der Waals surface area contributed by atoms with E-state index in [4.69, 9.17) is 0 Å². The number of fused-ring (bicyclic) bond motifs is 1. The van der Waals surface area contributed by atoms with Crippen LogP contribution in [-0.2, 0) is 11.3 Å². The van der Waals surface area contributed by atoms with Crippen LogP contribution < -0.4 is 10.2 Å². The lowest BCUT2D eigenvalue weighted by Crippen LogP contribution is -2.43. The van der Waals surface area contributed by atoms with Gasteiger partial charge in [-0.1, -0.05) is 18.2 Å². The zero-order valence-electron chi connectivity index (χ0n) is 15.2. The van der Waals surface area contributed by atoms with Gasteiger partial charge in [0.05, 0.1) is 5.92 Å². The molecule has 1 atom stereocenters. The third-order valence-corrected chi connectivity index (χ3v) is 5.04. The highest BCUT2D eigenvalue weighted by Crippen LogP contribution is 2.23. The van der Waals surface area contributed by atoms with Gasteiger partial charge in [-0.05, 0) is 49.6 Å². The van der Waals surface area contributed by atoms with Gasteiger partial charge in [0, 0.05) is 25.3 Å². The van der Waals surface area contributed by atoms with Crippen LogP contribution in [0.25, 0.3) is 5.65 Å². The first kappa shape index (κ1) is 17.5. The predicted octanol–water partition coefficient (Wildman–Crippen LogP) is 2.71. The Kier molecular flexibility index (Phi) is 4.75. The predicted molar refractivity (Wildman–Crippen MR) is 101 cm³/mol. The van der Waals surface area contributed by atoms with Crippen molar-refractivity contribution in [3.63, 3.8) is 0 Å². The molecule has 2 aromatic heterocycles. The second-order valence-corrected chi connectivity index (χ2v) is 6.99. The van der Waals surface area contributed by atoms with Crippen LogP contribution in [-0.4, -0.2) is 33.6 Å². The molecule has 7 heteroatoms. The van der Waals surface area contributed by atoms with E-state index in [1.807, 2.05) is 35.6 Å². The summed E-state index contributed by atoms with van der Waals surface area (Å²) in [5, 5.41) is 11.5. The number of benzene rings is 1. The van der Waals surface area contributed by atoms with Gasteiger partial charge in [0.2, 0.25) is 11.9 Å². The van der Waals surface area contributed by atoms with E-state index in [1.54, 1.807) is 6.07 Å². The molecule has 27 heavy (non-hydrogen) atoms. The Morgan fingerprint density at radius 2 is 2.11 bits per heavy atom. The fraction of sp³-hybridized carbons (Fsp3) is 0.350. The fourth-order valence-corrected chi connectivity index (χ4v) is 3.64. The number of aromatic nitrogens is 3. The molecule has 1 aromatic carbocycles. The summed E-state index contributed by atoms with van der Waals surface area (Å²) in [4.78, 5) is 14.8. The first-order chi connectivity index (χ1) is 13.1. The van der Waals surface area contributed by atoms with Gasteiger partial charge in [0.25, 0.3) is 0 Å². The van der Waals surface area contributed by atoms with Crippen molar-refractivity contribution in [1.82, 2.24) is 19.9 Å². The van der Waals surface area contributed by atoms with Gasteiger partial charge in [-0.3, -0.25) is 9.20 Å². The monoisotopic (exact) mass is 367 g/mol. The molecule has 1 amide bonds. The molecule has 1 fully saturated rings. The van der Waals surface area contributed by atoms with Gasteiger partial charge in [-0.2, -0.15) is 0 Å². The number of hydrogen-bond acceptors (Lipinski definition) is 4. The topological polar surface area (TPSA) is 62.5 Å². The molecule has 1 N–H and O–H groups in total. The highest BCUT2D eigenvalue weighted by Gasteiger charge is 2.28. The van der Waals surface area contributed by atoms with E-state index in [-0.39, 0.29) is 17.6 Å². The minimum Gasteiger partial charge on any atom is -0.352 e. The van der Waals surface area contributed by atoms with E-state index in [9.17, 15) is 9.18 Å². The van der Waals surface area contributed by atoms with Crippen LogP contribution in [0.4, 0.5) is 10.3 Å². The second kappa shape index (κ2) is 7.34. The lowest BCUT2D eigenvalue weighted by molar-refractivity contribution is -0.125. The summed E-state index contributed by atoms with van der Waals surface area (Å²) in [5.74, 6) is 0.364. The molecule has 0 spiro atoms. The Bertz CT molecular complexity index is 970. The maximum absolute atomic E-state index is 13.3. The quantitative estimate of drug-likeness (QED) is 0.770. The summed E-state index contributed by atoms with van der Waals surface area (Å²) < 4.78 is 15.3. The normalized spacial score (nSPS) is 17.3. The highest BCUT2D eigenvalue weighted by molar-refractivity contribution is 5.79. The van der Waals surface area contributed by atoms with Crippen molar-refractivity contribution >= 4 is 17.5 Å². The molecule has 0 aliphatic carbocycles. The van der Waals surface area contributed by atoms with Crippen molar-refractivity contribution in [2.45, 2.75) is 26.3 Å². The third-order valence-electron chi connectivity index (χ3n) is 5.04. The molecular formula is C20H22FN5O. The van der Waals surface area contributed by atoms with E-state index in [0.29, 0.717) is 13.1 Å². The van der Waals surface area contributed by atoms with Gasteiger partial charge in [0.1, 0.15) is 5.82 Å². The van der Waals surface area contributed by atoms with Crippen molar-refractivity contribution in [3.8, 4) is 0 Å². The van der Waals surface area contributed by atoms with Crippen molar-refractivity contribution < 1.29 is 9.18 Å². The van der Waals surface area contributed by atoms with Crippen LogP contribution in [0.15, 0.2) is 42.5 Å². The lowest BCUT2D eigenvalue weighted by atomic mass is 9.97. The van der Waals surface area contributed by atoms with E-state index >= 15 is 0 Å². The fourth-order valence-electron chi connectivity index (χ4n) is 3.64. The average molecular weight is 367 g/mol. The number of amides is 1. The number of nitrogens with one attached hydrogen (secondary N) is 1. The molecule has 0 unspecified atom stereocenters. The number of piperidine rings is 1. The van der Waals surface area contributed by atoms with Gasteiger partial charge in [-0.15, -0.1) is 10.2 Å². The zero-order chi connectivity index (χ0) is 18.8. The minimum absolute atomic E-state index is 0.00509. The molecule has 0 bridgehead atoms. The van der Waals surface area contributed by atoms with Crippen LogP contribution in [0.2, 0.25) is 0 Å². The number of halogens is 1. The summed E-state index contributed by atoms with van der Waals surface area (Å²) in [5.41, 5.74) is 2.63. The minimum atomic E-state index is -0.292. The molecule has 4 rings (SSSR count). The Balaban J connectivity index is 1.45. The first-order valence-electron chi connectivity index (χ1n) is 9.19. The SMILES string of the molecule is Cc1cccc2nnc(N3CCC[C@@H](C(=O)NCc4cccc(F)c4)C3)n12. The molecule has 0 saturated carbocycles.